The molecule has 0 saturated heterocycles. The number of thioether (sulfide) groups is 1. The zero-order valence-corrected chi connectivity index (χ0v) is 13.9. The molecule has 0 atom stereocenters. The summed E-state index contributed by atoms with van der Waals surface area (Å²) in [5, 5.41) is 10.2. The maximum atomic E-state index is 9.45. The number of aromatic hydroxyl groups is 1. The van der Waals surface area contributed by atoms with Crippen LogP contribution in [0.2, 0.25) is 0 Å². The standard InChI is InChI=1S/C20H15ClOS/c21-19(15-7-3-1-4-8-15)20(16-9-5-2-6-10-16)23-18-13-11-17(22)12-14-18/h1-14,22H. The van der Waals surface area contributed by atoms with Crippen molar-refractivity contribution in [2.75, 3.05) is 0 Å². The Hall–Kier alpha value is -2.16. The van der Waals surface area contributed by atoms with E-state index in [1.165, 1.54) is 0 Å². The Morgan fingerprint density at radius 2 is 1.22 bits per heavy atom. The molecule has 0 aliphatic heterocycles. The summed E-state index contributed by atoms with van der Waals surface area (Å²) in [6.45, 7) is 0. The average Bonchev–Trinajstić information content (AvgIpc) is 2.62. The van der Waals surface area contributed by atoms with E-state index in [4.69, 9.17) is 11.6 Å². The first-order valence-corrected chi connectivity index (χ1v) is 8.41. The fourth-order valence-electron chi connectivity index (χ4n) is 2.17. The second-order valence-electron chi connectivity index (χ2n) is 4.97. The minimum Gasteiger partial charge on any atom is -0.508 e. The van der Waals surface area contributed by atoms with Gasteiger partial charge in [-0.15, -0.1) is 0 Å². The minimum atomic E-state index is 0.258. The Morgan fingerprint density at radius 1 is 0.696 bits per heavy atom. The van der Waals surface area contributed by atoms with Gasteiger partial charge in [-0.05, 0) is 35.4 Å². The molecule has 0 bridgehead atoms. The maximum Gasteiger partial charge on any atom is 0.115 e. The van der Waals surface area contributed by atoms with Crippen molar-refractivity contribution in [1.29, 1.82) is 0 Å². The van der Waals surface area contributed by atoms with Gasteiger partial charge in [-0.2, -0.15) is 0 Å². The van der Waals surface area contributed by atoms with E-state index in [1.54, 1.807) is 23.9 Å². The predicted octanol–water partition coefficient (Wildman–Crippen LogP) is 6.25. The summed E-state index contributed by atoms with van der Waals surface area (Å²) in [5.41, 5.74) is 2.05. The molecule has 0 spiro atoms. The first-order chi connectivity index (χ1) is 11.2. The highest BCUT2D eigenvalue weighted by molar-refractivity contribution is 8.08. The molecule has 0 amide bonds. The molecule has 0 radical (unpaired) electrons. The van der Waals surface area contributed by atoms with Crippen LogP contribution in [0.5, 0.6) is 5.75 Å². The fourth-order valence-corrected chi connectivity index (χ4v) is 3.49. The largest absolute Gasteiger partial charge is 0.508 e. The van der Waals surface area contributed by atoms with Crippen molar-refractivity contribution in [3.05, 3.63) is 96.1 Å². The van der Waals surface area contributed by atoms with Crippen LogP contribution in [-0.4, -0.2) is 5.11 Å². The summed E-state index contributed by atoms with van der Waals surface area (Å²) in [7, 11) is 0. The van der Waals surface area contributed by atoms with Crippen molar-refractivity contribution >= 4 is 33.3 Å². The van der Waals surface area contributed by atoms with E-state index in [1.807, 2.05) is 72.8 Å². The van der Waals surface area contributed by atoms with E-state index >= 15 is 0 Å². The molecule has 0 saturated carbocycles. The lowest BCUT2D eigenvalue weighted by molar-refractivity contribution is 0.475. The van der Waals surface area contributed by atoms with Crippen LogP contribution in [-0.2, 0) is 0 Å². The van der Waals surface area contributed by atoms with Crippen LogP contribution in [0, 0.1) is 0 Å². The Labute approximate surface area is 145 Å². The monoisotopic (exact) mass is 338 g/mol. The second kappa shape index (κ2) is 7.40. The zero-order chi connectivity index (χ0) is 16.1. The highest BCUT2D eigenvalue weighted by Gasteiger charge is 2.11. The molecule has 3 heteroatoms. The topological polar surface area (TPSA) is 20.2 Å². The smallest absolute Gasteiger partial charge is 0.115 e. The van der Waals surface area contributed by atoms with Crippen molar-refractivity contribution in [2.45, 2.75) is 4.90 Å². The van der Waals surface area contributed by atoms with Gasteiger partial charge in [0, 0.05) is 9.80 Å². The van der Waals surface area contributed by atoms with E-state index in [-0.39, 0.29) is 5.75 Å². The van der Waals surface area contributed by atoms with Crippen molar-refractivity contribution in [3.8, 4) is 5.75 Å². The molecule has 0 aromatic heterocycles. The number of phenolic OH excluding ortho intramolecular Hbond substituents is 1. The molecule has 114 valence electrons. The Balaban J connectivity index is 2.05. The van der Waals surface area contributed by atoms with Crippen molar-refractivity contribution < 1.29 is 5.11 Å². The van der Waals surface area contributed by atoms with Crippen LogP contribution < -0.4 is 0 Å². The number of benzene rings is 3. The summed E-state index contributed by atoms with van der Waals surface area (Å²) in [6, 6.07) is 27.2. The van der Waals surface area contributed by atoms with Crippen LogP contribution in [0.15, 0.2) is 89.8 Å². The van der Waals surface area contributed by atoms with Crippen LogP contribution >= 0.6 is 23.4 Å². The summed E-state index contributed by atoms with van der Waals surface area (Å²) in [5.74, 6) is 0.258. The normalized spacial score (nSPS) is 11.9. The number of halogens is 1. The molecule has 1 N–H and O–H groups in total. The average molecular weight is 339 g/mol. The van der Waals surface area contributed by atoms with Gasteiger partial charge in [-0.25, -0.2) is 0 Å². The van der Waals surface area contributed by atoms with Gasteiger partial charge in [0.05, 0.1) is 5.03 Å². The second-order valence-corrected chi connectivity index (χ2v) is 6.43. The molecule has 0 aliphatic carbocycles. The summed E-state index contributed by atoms with van der Waals surface area (Å²) < 4.78 is 0. The summed E-state index contributed by atoms with van der Waals surface area (Å²) >= 11 is 8.29. The molecule has 0 heterocycles. The molecule has 0 fully saturated rings. The molecule has 23 heavy (non-hydrogen) atoms. The van der Waals surface area contributed by atoms with Gasteiger partial charge < -0.3 is 5.11 Å². The van der Waals surface area contributed by atoms with Gasteiger partial charge in [0.1, 0.15) is 5.75 Å². The van der Waals surface area contributed by atoms with Crippen molar-refractivity contribution in [2.24, 2.45) is 0 Å². The Morgan fingerprint density at radius 3 is 1.78 bits per heavy atom. The summed E-state index contributed by atoms with van der Waals surface area (Å²) in [4.78, 5) is 2.01. The minimum absolute atomic E-state index is 0.258. The van der Waals surface area contributed by atoms with Crippen LogP contribution in [0.1, 0.15) is 11.1 Å². The first-order valence-electron chi connectivity index (χ1n) is 7.21. The lowest BCUT2D eigenvalue weighted by atomic mass is 10.1. The van der Waals surface area contributed by atoms with E-state index in [2.05, 4.69) is 0 Å². The van der Waals surface area contributed by atoms with Crippen molar-refractivity contribution in [1.82, 2.24) is 0 Å². The van der Waals surface area contributed by atoms with Gasteiger partial charge in [0.15, 0.2) is 0 Å². The molecular weight excluding hydrogens is 324 g/mol. The third-order valence-corrected chi connectivity index (χ3v) is 4.99. The van der Waals surface area contributed by atoms with E-state index in [0.29, 0.717) is 0 Å². The third-order valence-electron chi connectivity index (χ3n) is 3.32. The van der Waals surface area contributed by atoms with E-state index in [9.17, 15) is 5.11 Å². The maximum absolute atomic E-state index is 9.45. The van der Waals surface area contributed by atoms with Gasteiger partial charge in [-0.1, -0.05) is 84.0 Å². The van der Waals surface area contributed by atoms with Gasteiger partial charge in [-0.3, -0.25) is 0 Å². The zero-order valence-electron chi connectivity index (χ0n) is 12.3. The van der Waals surface area contributed by atoms with E-state index < -0.39 is 0 Å². The first kappa shape index (κ1) is 15.7. The number of rotatable bonds is 4. The van der Waals surface area contributed by atoms with Crippen LogP contribution in [0.25, 0.3) is 9.94 Å². The van der Waals surface area contributed by atoms with Gasteiger partial charge in [0.2, 0.25) is 0 Å². The summed E-state index contributed by atoms with van der Waals surface area (Å²) in [6.07, 6.45) is 0. The van der Waals surface area contributed by atoms with Crippen LogP contribution in [0.4, 0.5) is 0 Å². The fraction of sp³-hybridized carbons (Fsp3) is 0. The lowest BCUT2D eigenvalue weighted by Crippen LogP contribution is -1.85. The number of hydrogen-bond donors (Lipinski definition) is 1. The molecule has 0 unspecified atom stereocenters. The molecule has 3 aromatic rings. The Kier molecular flexibility index (Phi) is 5.06. The quantitative estimate of drug-likeness (QED) is 0.448. The van der Waals surface area contributed by atoms with Crippen LogP contribution in [0.3, 0.4) is 0 Å². The number of phenols is 1. The van der Waals surface area contributed by atoms with Gasteiger partial charge in [0.25, 0.3) is 0 Å². The lowest BCUT2D eigenvalue weighted by Gasteiger charge is -2.11. The molecular formula is C20H15ClOS. The molecule has 3 aromatic carbocycles. The highest BCUT2D eigenvalue weighted by atomic mass is 35.5. The highest BCUT2D eigenvalue weighted by Crippen LogP contribution is 2.41. The predicted molar refractivity (Wildman–Crippen MR) is 99.5 cm³/mol. The van der Waals surface area contributed by atoms with E-state index in [0.717, 1.165) is 26.0 Å². The molecule has 1 nitrogen and oxygen atoms in total. The molecule has 3 rings (SSSR count). The molecule has 0 aliphatic rings. The van der Waals surface area contributed by atoms with Crippen molar-refractivity contribution in [3.63, 3.8) is 0 Å². The number of hydrogen-bond acceptors (Lipinski definition) is 2. The SMILES string of the molecule is Oc1ccc(SC(=C(Cl)c2ccccc2)c2ccccc2)cc1. The Bertz CT molecular complexity index is 796. The third kappa shape index (κ3) is 3.98. The van der Waals surface area contributed by atoms with Gasteiger partial charge >= 0.3 is 0 Å².